The molecule has 0 aliphatic rings. The van der Waals surface area contributed by atoms with Gasteiger partial charge in [0, 0.05) is 6.42 Å². The van der Waals surface area contributed by atoms with Gasteiger partial charge in [-0.1, -0.05) is 0 Å². The predicted molar refractivity (Wildman–Crippen MR) is 97.4 cm³/mol. The molecule has 2 heterocycles. The van der Waals surface area contributed by atoms with E-state index < -0.39 is 32.7 Å². The number of hydrogen-bond acceptors (Lipinski definition) is 8. The number of hydrogen-bond donors (Lipinski definition) is 2. The highest BCUT2D eigenvalue weighted by Crippen LogP contribution is 2.19. The lowest BCUT2D eigenvalue weighted by molar-refractivity contribution is -0.148. The van der Waals surface area contributed by atoms with Crippen molar-refractivity contribution in [1.29, 1.82) is 0 Å². The fourth-order valence-corrected chi connectivity index (χ4v) is 3.35. The van der Waals surface area contributed by atoms with Crippen molar-refractivity contribution in [3.8, 4) is 0 Å². The second-order valence-corrected chi connectivity index (χ2v) is 7.62. The topological polar surface area (TPSA) is 134 Å². The lowest BCUT2D eigenvalue weighted by Gasteiger charge is -2.17. The molecule has 150 valence electrons. The lowest BCUT2D eigenvalue weighted by Crippen LogP contribution is -2.33. The normalized spacial score (nSPS) is 15.0. The molecule has 3 atom stereocenters. The number of esters is 1. The highest BCUT2D eigenvalue weighted by Gasteiger charge is 2.20. The first-order valence-electron chi connectivity index (χ1n) is 8.42. The zero-order valence-corrected chi connectivity index (χ0v) is 16.4. The molecule has 0 saturated heterocycles. The van der Waals surface area contributed by atoms with Crippen LogP contribution in [0.15, 0.2) is 12.5 Å². The molecular weight excluding hydrogens is 378 g/mol. The Bertz CT molecular complexity index is 802. The largest absolute Gasteiger partial charge is 0.462 e. The van der Waals surface area contributed by atoms with E-state index in [-0.39, 0.29) is 24.7 Å². The number of nitrogens with two attached hydrogens (primary N) is 1. The maximum atomic E-state index is 13.3. The molecule has 0 bridgehead atoms. The molecule has 0 spiro atoms. The van der Waals surface area contributed by atoms with Gasteiger partial charge in [-0.2, -0.15) is 5.10 Å². The van der Waals surface area contributed by atoms with Crippen molar-refractivity contribution >= 4 is 25.4 Å². The number of imidazole rings is 1. The number of carbonyl (C=O) groups is 1. The average Bonchev–Trinajstić information content (AvgIpc) is 3.02. The van der Waals surface area contributed by atoms with Gasteiger partial charge in [-0.05, 0) is 20.8 Å². The van der Waals surface area contributed by atoms with Gasteiger partial charge in [0.25, 0.3) is 0 Å². The van der Waals surface area contributed by atoms with Gasteiger partial charge in [0.05, 0.1) is 24.1 Å². The Hall–Kier alpha value is -2.10. The van der Waals surface area contributed by atoms with Crippen LogP contribution in [0, 0.1) is 0 Å². The Morgan fingerprint density at radius 2 is 2.15 bits per heavy atom. The number of halogens is 1. The molecule has 10 nitrogen and oxygen atoms in total. The molecule has 2 aromatic heterocycles. The number of fused-ring (bicyclic) bond motifs is 1. The molecular formula is C15H24FN6O4P. The standard InChI is InChI=1S/C15H24FN6O4P/c1-9(2)26-15(23)10(3)21-27(24)8-25-12(5-16)4-11-6-18-14-13(17)19-7-20-22(11)14/h6-7,9-10,12,27H,4-5,8H2,1-3H3,(H,21,24)(H2,17,19,20)/t10-,12+/m0/s1. The Kier molecular flexibility index (Phi) is 7.64. The fraction of sp³-hybridized carbons (Fsp3) is 0.600. The third-order valence-electron chi connectivity index (χ3n) is 3.54. The van der Waals surface area contributed by atoms with Gasteiger partial charge in [-0.25, -0.2) is 18.9 Å². The quantitative estimate of drug-likeness (QED) is 0.440. The average molecular weight is 402 g/mol. The zero-order valence-electron chi connectivity index (χ0n) is 15.4. The first kappa shape index (κ1) is 21.2. The van der Waals surface area contributed by atoms with Crippen molar-refractivity contribution in [2.24, 2.45) is 0 Å². The van der Waals surface area contributed by atoms with Crippen molar-refractivity contribution in [3.63, 3.8) is 0 Å². The molecule has 12 heteroatoms. The van der Waals surface area contributed by atoms with E-state index in [1.54, 1.807) is 20.8 Å². The smallest absolute Gasteiger partial charge is 0.323 e. The van der Waals surface area contributed by atoms with Crippen LogP contribution in [0.1, 0.15) is 26.5 Å². The number of rotatable bonds is 10. The van der Waals surface area contributed by atoms with Gasteiger partial charge in [0.2, 0.25) is 0 Å². The summed E-state index contributed by atoms with van der Waals surface area (Å²) in [6.45, 7) is 4.21. The van der Waals surface area contributed by atoms with Crippen LogP contribution in [0.3, 0.4) is 0 Å². The summed E-state index contributed by atoms with van der Waals surface area (Å²) in [5.74, 6) is -0.293. The van der Waals surface area contributed by atoms with E-state index in [2.05, 4.69) is 20.2 Å². The number of nitrogen functional groups attached to an aromatic ring is 1. The molecule has 27 heavy (non-hydrogen) atoms. The molecule has 2 aromatic rings. The van der Waals surface area contributed by atoms with Gasteiger partial charge < -0.3 is 19.8 Å². The van der Waals surface area contributed by atoms with Crippen molar-refractivity contribution < 1.29 is 23.2 Å². The van der Waals surface area contributed by atoms with E-state index in [1.165, 1.54) is 17.0 Å². The van der Waals surface area contributed by atoms with Crippen molar-refractivity contribution in [2.45, 2.75) is 45.4 Å². The van der Waals surface area contributed by atoms with Crippen LogP contribution < -0.4 is 10.8 Å². The van der Waals surface area contributed by atoms with E-state index in [4.69, 9.17) is 15.2 Å². The summed E-state index contributed by atoms with van der Waals surface area (Å²) in [7, 11) is -2.46. The molecule has 0 aliphatic heterocycles. The number of alkyl halides is 1. The molecule has 3 N–H and O–H groups in total. The maximum absolute atomic E-state index is 13.3. The van der Waals surface area contributed by atoms with Crippen LogP contribution in [0.5, 0.6) is 0 Å². The molecule has 0 fully saturated rings. The maximum Gasteiger partial charge on any atom is 0.323 e. The summed E-state index contributed by atoms with van der Waals surface area (Å²) in [5.41, 5.74) is 6.67. The van der Waals surface area contributed by atoms with Gasteiger partial charge in [0.1, 0.15) is 25.4 Å². The van der Waals surface area contributed by atoms with Crippen molar-refractivity contribution in [2.75, 3.05) is 18.8 Å². The third kappa shape index (κ3) is 5.95. The van der Waals surface area contributed by atoms with E-state index >= 15 is 0 Å². The van der Waals surface area contributed by atoms with Gasteiger partial charge in [-0.15, -0.1) is 0 Å². The lowest BCUT2D eigenvalue weighted by atomic mass is 10.2. The SMILES string of the molecule is CC(C)OC(=O)[C@H](C)N[PH](=O)CO[C@@H](CF)Cc1cnc2c(N)ncnn12. The van der Waals surface area contributed by atoms with E-state index in [9.17, 15) is 13.8 Å². The summed E-state index contributed by atoms with van der Waals surface area (Å²) in [6, 6.07) is -0.746. The van der Waals surface area contributed by atoms with Crippen molar-refractivity contribution in [3.05, 3.63) is 18.2 Å². The summed E-state index contributed by atoms with van der Waals surface area (Å²) in [6.07, 6.45) is 1.63. The minimum Gasteiger partial charge on any atom is -0.462 e. The summed E-state index contributed by atoms with van der Waals surface area (Å²) < 4.78 is 37.3. The number of carbonyl (C=O) groups excluding carboxylic acids is 1. The molecule has 0 aromatic carbocycles. The highest BCUT2D eigenvalue weighted by atomic mass is 31.1. The minimum atomic E-state index is -2.46. The highest BCUT2D eigenvalue weighted by molar-refractivity contribution is 7.42. The Morgan fingerprint density at radius 1 is 1.41 bits per heavy atom. The molecule has 2 rings (SSSR count). The number of nitrogens with zero attached hydrogens (tertiary/aromatic N) is 4. The Morgan fingerprint density at radius 3 is 2.81 bits per heavy atom. The van der Waals surface area contributed by atoms with Crippen LogP contribution in [0.4, 0.5) is 10.2 Å². The van der Waals surface area contributed by atoms with E-state index in [1.807, 2.05) is 0 Å². The van der Waals surface area contributed by atoms with Crippen LogP contribution in [0.2, 0.25) is 0 Å². The second kappa shape index (κ2) is 9.72. The minimum absolute atomic E-state index is 0.161. The van der Waals surface area contributed by atoms with Crippen LogP contribution in [-0.4, -0.2) is 56.8 Å². The molecule has 1 unspecified atom stereocenters. The first-order valence-corrected chi connectivity index (χ1v) is 10.0. The zero-order chi connectivity index (χ0) is 20.0. The van der Waals surface area contributed by atoms with Crippen LogP contribution in [0.25, 0.3) is 5.65 Å². The van der Waals surface area contributed by atoms with Gasteiger partial charge in [-0.3, -0.25) is 9.88 Å². The molecule has 0 saturated carbocycles. The Labute approximate surface area is 156 Å². The Balaban J connectivity index is 1.88. The van der Waals surface area contributed by atoms with Gasteiger partial charge in [0.15, 0.2) is 19.4 Å². The molecule has 0 aliphatic carbocycles. The van der Waals surface area contributed by atoms with E-state index in [0.717, 1.165) is 0 Å². The summed E-state index contributed by atoms with van der Waals surface area (Å²) in [5, 5.41) is 6.66. The number of anilines is 1. The summed E-state index contributed by atoms with van der Waals surface area (Å²) in [4.78, 5) is 19.6. The summed E-state index contributed by atoms with van der Waals surface area (Å²) >= 11 is 0. The monoisotopic (exact) mass is 402 g/mol. The number of aromatic nitrogens is 4. The van der Waals surface area contributed by atoms with Crippen LogP contribution in [-0.2, 0) is 25.3 Å². The van der Waals surface area contributed by atoms with Crippen LogP contribution >= 0.6 is 7.95 Å². The first-order chi connectivity index (χ1) is 12.8. The molecule has 0 radical (unpaired) electrons. The number of ether oxygens (including phenoxy) is 2. The predicted octanol–water partition coefficient (Wildman–Crippen LogP) is 0.966. The van der Waals surface area contributed by atoms with E-state index in [0.29, 0.717) is 11.3 Å². The fourth-order valence-electron chi connectivity index (χ4n) is 2.28. The number of nitrogens with one attached hydrogen (secondary N) is 1. The second-order valence-electron chi connectivity index (χ2n) is 6.20. The van der Waals surface area contributed by atoms with Crippen molar-refractivity contribution in [1.82, 2.24) is 24.7 Å². The molecule has 0 amide bonds. The van der Waals surface area contributed by atoms with Gasteiger partial charge >= 0.3 is 5.97 Å². The third-order valence-corrected chi connectivity index (χ3v) is 4.73.